The van der Waals surface area contributed by atoms with Gasteiger partial charge in [-0.15, -0.1) is 11.8 Å². The molecule has 1 aliphatic carbocycles. The molecule has 0 bridgehead atoms. The van der Waals surface area contributed by atoms with E-state index in [0.717, 1.165) is 30.3 Å². The molecule has 24 heavy (non-hydrogen) atoms. The lowest BCUT2D eigenvalue weighted by Gasteiger charge is -2.31. The maximum absolute atomic E-state index is 12.4. The summed E-state index contributed by atoms with van der Waals surface area (Å²) < 4.78 is 0. The number of rotatable bonds is 4. The van der Waals surface area contributed by atoms with Gasteiger partial charge in [0.05, 0.1) is 5.92 Å². The van der Waals surface area contributed by atoms with Crippen LogP contribution in [0.4, 0.5) is 5.69 Å². The van der Waals surface area contributed by atoms with Crippen molar-refractivity contribution < 1.29 is 9.59 Å². The number of hydrogen-bond acceptors (Lipinski definition) is 3. The number of amides is 2. The number of carbonyl (C=O) groups is 2. The standard InChI is InChI=1S/C19H26N2O2S/c1-14(22)21-12-4-5-15(13-21)19(23)20-16-8-10-18(11-9-16)24-17-6-2-3-7-17/h8-11,15,17H,2-7,12-13H2,1H3,(H,20,23). The van der Waals surface area contributed by atoms with Crippen LogP contribution in [-0.4, -0.2) is 35.1 Å². The van der Waals surface area contributed by atoms with E-state index in [1.165, 1.54) is 30.6 Å². The van der Waals surface area contributed by atoms with E-state index in [-0.39, 0.29) is 17.7 Å². The largest absolute Gasteiger partial charge is 0.342 e. The van der Waals surface area contributed by atoms with E-state index in [2.05, 4.69) is 17.4 Å². The summed E-state index contributed by atoms with van der Waals surface area (Å²) >= 11 is 1.95. The van der Waals surface area contributed by atoms with Crippen LogP contribution in [0.5, 0.6) is 0 Å². The molecular weight excluding hydrogens is 320 g/mol. The molecule has 2 fully saturated rings. The third-order valence-corrected chi connectivity index (χ3v) is 6.31. The quantitative estimate of drug-likeness (QED) is 0.899. The molecule has 0 radical (unpaired) electrons. The first-order chi connectivity index (χ1) is 11.6. The average molecular weight is 346 g/mol. The molecule has 2 amide bonds. The van der Waals surface area contributed by atoms with Crippen LogP contribution >= 0.6 is 11.8 Å². The molecule has 0 spiro atoms. The first-order valence-electron chi connectivity index (χ1n) is 8.95. The maximum atomic E-state index is 12.4. The van der Waals surface area contributed by atoms with Crippen LogP contribution in [0.3, 0.4) is 0 Å². The van der Waals surface area contributed by atoms with E-state index in [1.807, 2.05) is 23.9 Å². The summed E-state index contributed by atoms with van der Waals surface area (Å²) in [7, 11) is 0. The Morgan fingerprint density at radius 3 is 2.46 bits per heavy atom. The van der Waals surface area contributed by atoms with Crippen molar-refractivity contribution in [3.05, 3.63) is 24.3 Å². The minimum atomic E-state index is -0.102. The highest BCUT2D eigenvalue weighted by atomic mass is 32.2. The molecule has 130 valence electrons. The van der Waals surface area contributed by atoms with Gasteiger partial charge in [0.2, 0.25) is 11.8 Å². The maximum Gasteiger partial charge on any atom is 0.229 e. The molecule has 1 N–H and O–H groups in total. The summed E-state index contributed by atoms with van der Waals surface area (Å²) in [4.78, 5) is 27.0. The molecular formula is C19H26N2O2S. The number of benzene rings is 1. The zero-order valence-electron chi connectivity index (χ0n) is 14.3. The second kappa shape index (κ2) is 8.06. The van der Waals surface area contributed by atoms with E-state index < -0.39 is 0 Å². The molecule has 1 saturated carbocycles. The fourth-order valence-corrected chi connectivity index (χ4v) is 4.78. The predicted molar refractivity (Wildman–Crippen MR) is 98.2 cm³/mol. The molecule has 4 nitrogen and oxygen atoms in total. The summed E-state index contributed by atoms with van der Waals surface area (Å²) in [6.07, 6.45) is 7.09. The first-order valence-corrected chi connectivity index (χ1v) is 9.83. The van der Waals surface area contributed by atoms with E-state index in [1.54, 1.807) is 11.8 Å². The lowest BCUT2D eigenvalue weighted by atomic mass is 9.97. The van der Waals surface area contributed by atoms with Crippen LogP contribution in [0, 0.1) is 5.92 Å². The Morgan fingerprint density at radius 2 is 1.79 bits per heavy atom. The Hall–Kier alpha value is -1.49. The van der Waals surface area contributed by atoms with Crippen molar-refractivity contribution in [2.75, 3.05) is 18.4 Å². The van der Waals surface area contributed by atoms with Gasteiger partial charge in [0.1, 0.15) is 0 Å². The highest BCUT2D eigenvalue weighted by Crippen LogP contribution is 2.35. The lowest BCUT2D eigenvalue weighted by Crippen LogP contribution is -2.42. The zero-order chi connectivity index (χ0) is 16.9. The summed E-state index contributed by atoms with van der Waals surface area (Å²) in [6.45, 7) is 2.88. The second-order valence-electron chi connectivity index (χ2n) is 6.84. The molecule has 1 aromatic carbocycles. The number of likely N-dealkylation sites (tertiary alicyclic amines) is 1. The molecule has 1 heterocycles. The van der Waals surface area contributed by atoms with Gasteiger partial charge in [0, 0.05) is 35.8 Å². The topological polar surface area (TPSA) is 49.4 Å². The predicted octanol–water partition coefficient (Wildman–Crippen LogP) is 3.92. The highest BCUT2D eigenvalue weighted by Gasteiger charge is 2.27. The summed E-state index contributed by atoms with van der Waals surface area (Å²) in [6, 6.07) is 8.17. The van der Waals surface area contributed by atoms with Gasteiger partial charge in [-0.05, 0) is 49.9 Å². The monoisotopic (exact) mass is 346 g/mol. The van der Waals surface area contributed by atoms with Crippen LogP contribution < -0.4 is 5.32 Å². The van der Waals surface area contributed by atoms with Gasteiger partial charge in [0.15, 0.2) is 0 Å². The summed E-state index contributed by atoms with van der Waals surface area (Å²) in [5, 5.41) is 3.76. The van der Waals surface area contributed by atoms with Gasteiger partial charge in [0.25, 0.3) is 0 Å². The van der Waals surface area contributed by atoms with Crippen molar-refractivity contribution in [1.29, 1.82) is 0 Å². The minimum Gasteiger partial charge on any atom is -0.342 e. The molecule has 1 atom stereocenters. The van der Waals surface area contributed by atoms with Crippen molar-refractivity contribution in [1.82, 2.24) is 4.90 Å². The smallest absolute Gasteiger partial charge is 0.229 e. The van der Waals surface area contributed by atoms with Gasteiger partial charge < -0.3 is 10.2 Å². The molecule has 5 heteroatoms. The number of anilines is 1. The highest BCUT2D eigenvalue weighted by molar-refractivity contribution is 8.00. The summed E-state index contributed by atoms with van der Waals surface area (Å²) in [5.74, 6) is -0.0203. The number of piperidine rings is 1. The average Bonchev–Trinajstić information content (AvgIpc) is 3.10. The fraction of sp³-hybridized carbons (Fsp3) is 0.579. The molecule has 1 unspecified atom stereocenters. The van der Waals surface area contributed by atoms with Crippen LogP contribution in [0.15, 0.2) is 29.2 Å². The Balaban J connectivity index is 1.53. The SMILES string of the molecule is CC(=O)N1CCCC(C(=O)Nc2ccc(SC3CCCC3)cc2)C1. The second-order valence-corrected chi connectivity index (χ2v) is 8.22. The first kappa shape index (κ1) is 17.3. The van der Waals surface area contributed by atoms with E-state index in [0.29, 0.717) is 6.54 Å². The van der Waals surface area contributed by atoms with Crippen LogP contribution in [0.2, 0.25) is 0 Å². The number of thioether (sulfide) groups is 1. The van der Waals surface area contributed by atoms with Gasteiger partial charge in [-0.25, -0.2) is 0 Å². The van der Waals surface area contributed by atoms with Gasteiger partial charge in [-0.2, -0.15) is 0 Å². The number of nitrogens with one attached hydrogen (secondary N) is 1. The minimum absolute atomic E-state index is 0.0251. The van der Waals surface area contributed by atoms with E-state index >= 15 is 0 Å². The number of nitrogens with zero attached hydrogens (tertiary/aromatic N) is 1. The van der Waals surface area contributed by atoms with Crippen LogP contribution in [0.1, 0.15) is 45.4 Å². The van der Waals surface area contributed by atoms with Gasteiger partial charge in [-0.3, -0.25) is 9.59 Å². The molecule has 1 aromatic rings. The molecule has 0 aromatic heterocycles. The van der Waals surface area contributed by atoms with Crippen molar-refractivity contribution in [2.45, 2.75) is 55.6 Å². The van der Waals surface area contributed by atoms with E-state index in [9.17, 15) is 9.59 Å². The molecule has 2 aliphatic rings. The zero-order valence-corrected chi connectivity index (χ0v) is 15.1. The van der Waals surface area contributed by atoms with E-state index in [4.69, 9.17) is 0 Å². The number of carbonyl (C=O) groups excluding carboxylic acids is 2. The Labute approximate surface area is 148 Å². The van der Waals surface area contributed by atoms with Gasteiger partial charge >= 0.3 is 0 Å². The lowest BCUT2D eigenvalue weighted by molar-refractivity contribution is -0.132. The summed E-state index contributed by atoms with van der Waals surface area (Å²) in [5.41, 5.74) is 0.843. The third kappa shape index (κ3) is 4.53. The molecule has 1 saturated heterocycles. The Kier molecular flexibility index (Phi) is 5.82. The normalized spacial score (nSPS) is 21.7. The third-order valence-electron chi connectivity index (χ3n) is 4.96. The van der Waals surface area contributed by atoms with Crippen molar-refractivity contribution in [3.8, 4) is 0 Å². The Bertz CT molecular complexity index is 582. The molecule has 1 aliphatic heterocycles. The van der Waals surface area contributed by atoms with Crippen molar-refractivity contribution in [3.63, 3.8) is 0 Å². The molecule has 3 rings (SSSR count). The van der Waals surface area contributed by atoms with Gasteiger partial charge in [-0.1, -0.05) is 12.8 Å². The van der Waals surface area contributed by atoms with Crippen LogP contribution in [0.25, 0.3) is 0 Å². The number of hydrogen-bond donors (Lipinski definition) is 1. The van der Waals surface area contributed by atoms with Crippen LogP contribution in [-0.2, 0) is 9.59 Å². The Morgan fingerprint density at radius 1 is 1.08 bits per heavy atom. The van der Waals surface area contributed by atoms with Crippen molar-refractivity contribution >= 4 is 29.3 Å². The van der Waals surface area contributed by atoms with Crippen molar-refractivity contribution in [2.24, 2.45) is 5.92 Å². The fourth-order valence-electron chi connectivity index (χ4n) is 3.54.